The molecule has 0 bridgehead atoms. The zero-order chi connectivity index (χ0) is 22.2. The van der Waals surface area contributed by atoms with Gasteiger partial charge in [-0.15, -0.1) is 0 Å². The second-order valence-electron chi connectivity index (χ2n) is 6.76. The van der Waals surface area contributed by atoms with Gasteiger partial charge in [0.1, 0.15) is 18.5 Å². The molecule has 0 unspecified atom stereocenters. The molecule has 2 aliphatic rings. The van der Waals surface area contributed by atoms with Gasteiger partial charge in [-0.05, 0) is 44.2 Å². The molecule has 0 spiro atoms. The van der Waals surface area contributed by atoms with Crippen LogP contribution in [-0.4, -0.2) is 36.5 Å². The summed E-state index contributed by atoms with van der Waals surface area (Å²) in [6.45, 7) is 7.18. The zero-order valence-corrected chi connectivity index (χ0v) is 17.8. The minimum atomic E-state index is -0.397. The Balaban J connectivity index is 0.000000628. The number of nitrogens with two attached hydrogens (primary N) is 2. The minimum absolute atomic E-state index is 0.326. The molecule has 7 heteroatoms. The van der Waals surface area contributed by atoms with Gasteiger partial charge in [0.25, 0.3) is 5.95 Å². The van der Waals surface area contributed by atoms with Gasteiger partial charge in [0.15, 0.2) is 11.5 Å². The first-order chi connectivity index (χ1) is 15.1. The van der Waals surface area contributed by atoms with E-state index >= 15 is 0 Å². The Morgan fingerprint density at radius 3 is 2.19 bits per heavy atom. The molecule has 0 radical (unpaired) electrons. The fourth-order valence-electron chi connectivity index (χ4n) is 3.10. The highest BCUT2D eigenvalue weighted by molar-refractivity contribution is 6.17. The van der Waals surface area contributed by atoms with Crippen LogP contribution >= 0.6 is 0 Å². The molecule has 7 nitrogen and oxygen atoms in total. The molecule has 0 fully saturated rings. The van der Waals surface area contributed by atoms with Crippen molar-refractivity contribution < 1.29 is 18.5 Å². The number of para-hydroxylation sites is 2. The summed E-state index contributed by atoms with van der Waals surface area (Å²) in [6.07, 6.45) is 9.19. The van der Waals surface area contributed by atoms with Crippen molar-refractivity contribution in [1.29, 1.82) is 0 Å². The molecule has 2 heterocycles. The molecule has 4 N–H and O–H groups in total. The fourth-order valence-corrected chi connectivity index (χ4v) is 3.10. The number of nitrogens with zero attached hydrogens (tertiary/aromatic N) is 1. The Kier molecular flexibility index (Phi) is 7.59. The summed E-state index contributed by atoms with van der Waals surface area (Å²) in [6, 6.07) is 9.22. The quantitative estimate of drug-likeness (QED) is 0.711. The summed E-state index contributed by atoms with van der Waals surface area (Å²) >= 11 is 0. The third kappa shape index (κ3) is 5.39. The van der Waals surface area contributed by atoms with E-state index in [0.29, 0.717) is 41.2 Å². The minimum Gasteiger partial charge on any atom is -0.422 e. The van der Waals surface area contributed by atoms with E-state index in [1.165, 1.54) is 0 Å². The number of fused-ring (bicyclic) bond motifs is 2. The first kappa shape index (κ1) is 22.3. The van der Waals surface area contributed by atoms with Crippen LogP contribution in [0, 0.1) is 0 Å². The van der Waals surface area contributed by atoms with E-state index in [4.69, 9.17) is 25.4 Å². The number of benzene rings is 1. The highest BCUT2D eigenvalue weighted by Crippen LogP contribution is 2.35. The average Bonchev–Trinajstić information content (AvgIpc) is 3.21. The number of hydrogen-bond donors (Lipinski definition) is 2. The second-order valence-corrected chi connectivity index (χ2v) is 6.76. The number of ether oxygens (including phenoxy) is 2. The second kappa shape index (κ2) is 10.6. The first-order valence-electron chi connectivity index (χ1n) is 10.3. The fraction of sp³-hybridized carbons (Fsp3) is 0.250. The smallest absolute Gasteiger partial charge is 0.343 e. The first-order valence-corrected chi connectivity index (χ1v) is 10.3. The van der Waals surface area contributed by atoms with Gasteiger partial charge in [-0.25, -0.2) is 9.37 Å². The van der Waals surface area contributed by atoms with Crippen molar-refractivity contribution >= 4 is 23.9 Å². The van der Waals surface area contributed by atoms with Crippen molar-refractivity contribution in [3.8, 4) is 11.5 Å². The van der Waals surface area contributed by atoms with Crippen LogP contribution in [0.5, 0.6) is 11.5 Å². The largest absolute Gasteiger partial charge is 0.422 e. The number of allylic oxidation sites excluding steroid dienone is 2. The monoisotopic (exact) mass is 422 g/mol. The van der Waals surface area contributed by atoms with E-state index in [-0.39, 0.29) is 0 Å². The maximum Gasteiger partial charge on any atom is 0.343 e. The molecular weight excluding hydrogens is 394 g/mol. The predicted molar refractivity (Wildman–Crippen MR) is 122 cm³/mol. The lowest BCUT2D eigenvalue weighted by atomic mass is 10.1. The van der Waals surface area contributed by atoms with Gasteiger partial charge in [-0.2, -0.15) is 0 Å². The van der Waals surface area contributed by atoms with Crippen LogP contribution in [0.1, 0.15) is 19.4 Å². The summed E-state index contributed by atoms with van der Waals surface area (Å²) in [5.41, 5.74) is 11.9. The van der Waals surface area contributed by atoms with Gasteiger partial charge in [0.2, 0.25) is 5.71 Å². The van der Waals surface area contributed by atoms with E-state index < -0.39 is 5.63 Å². The van der Waals surface area contributed by atoms with Crippen LogP contribution in [0.2, 0.25) is 0 Å². The number of rotatable bonds is 4. The van der Waals surface area contributed by atoms with Gasteiger partial charge in [-0.1, -0.05) is 12.1 Å². The molecule has 0 saturated carbocycles. The van der Waals surface area contributed by atoms with E-state index in [0.717, 1.165) is 24.4 Å². The normalized spacial score (nSPS) is 13.9. The van der Waals surface area contributed by atoms with Crippen molar-refractivity contribution in [2.24, 2.45) is 11.5 Å². The van der Waals surface area contributed by atoms with Crippen LogP contribution in [0.25, 0.3) is 18.2 Å². The molecule has 2 aromatic rings. The van der Waals surface area contributed by atoms with Crippen molar-refractivity contribution in [3.63, 3.8) is 0 Å². The highest BCUT2D eigenvalue weighted by Gasteiger charge is 2.17. The van der Waals surface area contributed by atoms with E-state index in [1.54, 1.807) is 12.2 Å². The Hall–Kier alpha value is -3.42. The summed E-state index contributed by atoms with van der Waals surface area (Å²) < 4.78 is 18.9. The average molecular weight is 423 g/mol. The van der Waals surface area contributed by atoms with Gasteiger partial charge in [0.05, 0.1) is 11.3 Å². The molecule has 1 aromatic heterocycles. The van der Waals surface area contributed by atoms with Crippen molar-refractivity contribution in [3.05, 3.63) is 75.0 Å². The Bertz CT molecular complexity index is 1170. The van der Waals surface area contributed by atoms with Crippen LogP contribution in [0.4, 0.5) is 0 Å². The summed E-state index contributed by atoms with van der Waals surface area (Å²) in [5, 5.41) is 0.439. The summed E-state index contributed by atoms with van der Waals surface area (Å²) in [7, 11) is 0. The van der Waals surface area contributed by atoms with Crippen LogP contribution in [-0.2, 0) is 0 Å². The van der Waals surface area contributed by atoms with Gasteiger partial charge >= 0.3 is 5.63 Å². The zero-order valence-electron chi connectivity index (χ0n) is 17.8. The maximum absolute atomic E-state index is 12.4. The Labute approximate surface area is 180 Å². The Morgan fingerprint density at radius 2 is 1.61 bits per heavy atom. The number of hydrogen-bond acceptors (Lipinski definition) is 6. The standard InChI is InChI=1S/C22H20NO4.C2H8N2/c1-3-23(4-2)17-11-9-15-13-16(22(24)27-20(15)14-17)10-12-21-25-18-7-5-6-8-19(18)26-21;3-1-2-4/h5-14H,3-4H2,1-2H3;1-4H2/q+1;/b16-10-;. The van der Waals surface area contributed by atoms with Crippen molar-refractivity contribution in [1.82, 2.24) is 0 Å². The lowest BCUT2D eigenvalue weighted by Crippen LogP contribution is -2.32. The molecular formula is C24H28N3O4+. The van der Waals surface area contributed by atoms with Crippen molar-refractivity contribution in [2.45, 2.75) is 13.8 Å². The molecule has 31 heavy (non-hydrogen) atoms. The van der Waals surface area contributed by atoms with Crippen molar-refractivity contribution in [2.75, 3.05) is 26.2 Å². The van der Waals surface area contributed by atoms with E-state index in [1.807, 2.05) is 48.6 Å². The Morgan fingerprint density at radius 1 is 0.968 bits per heavy atom. The molecule has 0 atom stereocenters. The molecule has 1 aromatic carbocycles. The van der Waals surface area contributed by atoms with Crippen LogP contribution in [0.3, 0.4) is 0 Å². The topological polar surface area (TPSA) is 104 Å². The molecule has 162 valence electrons. The van der Waals surface area contributed by atoms with Crippen LogP contribution < -0.4 is 37.2 Å². The third-order valence-electron chi connectivity index (χ3n) is 4.71. The maximum atomic E-state index is 12.4. The van der Waals surface area contributed by atoms with Gasteiger partial charge < -0.3 is 25.4 Å². The van der Waals surface area contributed by atoms with Gasteiger partial charge in [-0.3, -0.25) is 0 Å². The summed E-state index contributed by atoms with van der Waals surface area (Å²) in [5.74, 6) is 1.64. The third-order valence-corrected chi connectivity index (χ3v) is 4.71. The highest BCUT2D eigenvalue weighted by atomic mass is 16.7. The van der Waals surface area contributed by atoms with Crippen LogP contribution in [0.15, 0.2) is 57.6 Å². The lowest BCUT2D eigenvalue weighted by molar-refractivity contribution is -0.518. The molecule has 4 rings (SSSR count). The molecule has 0 saturated heterocycles. The lowest BCUT2D eigenvalue weighted by Gasteiger charge is -2.04. The molecule has 0 amide bonds. The van der Waals surface area contributed by atoms with E-state index in [9.17, 15) is 4.79 Å². The molecule has 1 aliphatic carbocycles. The van der Waals surface area contributed by atoms with E-state index in [2.05, 4.69) is 18.4 Å². The summed E-state index contributed by atoms with van der Waals surface area (Å²) in [4.78, 5) is 12.4. The predicted octanol–water partition coefficient (Wildman–Crippen LogP) is 0.938. The SMILES string of the molecule is CC[N+](CC)=C1C=Cc2c/c(=C/C=C3Oc4ccccc4O3)c(=O)oc2=C1.NCCN. The molecule has 1 aliphatic heterocycles. The van der Waals surface area contributed by atoms with Gasteiger partial charge in [0, 0.05) is 30.8 Å².